The minimum Gasteiger partial charge on any atom is -0.351 e. The lowest BCUT2D eigenvalue weighted by atomic mass is 9.99. The summed E-state index contributed by atoms with van der Waals surface area (Å²) in [7, 11) is 0. The first-order valence-electron chi connectivity index (χ1n) is 3.70. The normalized spacial score (nSPS) is 46.1. The second-order valence-electron chi connectivity index (χ2n) is 3.43. The summed E-state index contributed by atoms with van der Waals surface area (Å²) >= 11 is 7.10. The minimum absolute atomic E-state index is 0.00836. The van der Waals surface area contributed by atoms with Crippen molar-refractivity contribution in [2.45, 2.75) is 22.6 Å². The molecule has 0 spiro atoms. The molecule has 2 fully saturated rings. The van der Waals surface area contributed by atoms with Crippen LogP contribution >= 0.6 is 31.9 Å². The van der Waals surface area contributed by atoms with Crippen LogP contribution < -0.4 is 5.32 Å². The van der Waals surface area contributed by atoms with Crippen LogP contribution in [-0.4, -0.2) is 15.2 Å². The van der Waals surface area contributed by atoms with Crippen molar-refractivity contribution in [1.29, 1.82) is 0 Å². The van der Waals surface area contributed by atoms with Gasteiger partial charge >= 0.3 is 0 Å². The van der Waals surface area contributed by atoms with Gasteiger partial charge in [-0.05, 0) is 5.92 Å². The molecule has 0 radical (unpaired) electrons. The number of rotatable bonds is 0. The molecule has 11 heavy (non-hydrogen) atoms. The van der Waals surface area contributed by atoms with Crippen molar-refractivity contribution in [2.75, 3.05) is 0 Å². The van der Waals surface area contributed by atoms with Crippen LogP contribution in [0.3, 0.4) is 0 Å². The molecule has 0 bridgehead atoms. The van der Waals surface area contributed by atoms with Crippen molar-refractivity contribution >= 4 is 37.8 Å². The lowest BCUT2D eigenvalue weighted by Gasteiger charge is -2.15. The Balaban J connectivity index is 2.17. The standard InChI is InChI=1S/C7H9Br2NO/c1-3-2-4(11)10-6-5(3)7(6,8)9/h3,5-6H,2H2,1H3,(H,10,11)/t3-,5+,6-/m0/s1. The number of hydrogen-bond acceptors (Lipinski definition) is 1. The van der Waals surface area contributed by atoms with Crippen LogP contribution in [0.4, 0.5) is 0 Å². The Morgan fingerprint density at radius 2 is 2.27 bits per heavy atom. The summed E-state index contributed by atoms with van der Waals surface area (Å²) in [6.07, 6.45) is 0.667. The first-order chi connectivity index (χ1) is 5.03. The summed E-state index contributed by atoms with van der Waals surface area (Å²) in [6, 6.07) is 0.304. The number of piperidine rings is 1. The summed E-state index contributed by atoms with van der Waals surface area (Å²) in [5.41, 5.74) is 0. The molecule has 1 aliphatic heterocycles. The molecule has 2 aliphatic rings. The van der Waals surface area contributed by atoms with Gasteiger partial charge in [-0.3, -0.25) is 4.79 Å². The number of fused-ring (bicyclic) bond motifs is 1. The Bertz CT molecular complexity index is 216. The molecule has 1 saturated carbocycles. The molecule has 0 aromatic carbocycles. The van der Waals surface area contributed by atoms with Crippen LogP contribution in [0, 0.1) is 11.8 Å². The van der Waals surface area contributed by atoms with E-state index in [2.05, 4.69) is 44.1 Å². The molecule has 0 aromatic rings. The Labute approximate surface area is 82.4 Å². The first-order valence-corrected chi connectivity index (χ1v) is 5.29. The monoisotopic (exact) mass is 281 g/mol. The van der Waals surface area contributed by atoms with Crippen LogP contribution in [0.5, 0.6) is 0 Å². The lowest BCUT2D eigenvalue weighted by Crippen LogP contribution is -2.34. The molecule has 1 amide bonds. The van der Waals surface area contributed by atoms with Gasteiger partial charge in [-0.1, -0.05) is 38.8 Å². The van der Waals surface area contributed by atoms with Gasteiger partial charge in [0.05, 0.1) is 6.04 Å². The van der Waals surface area contributed by atoms with E-state index in [-0.39, 0.29) is 9.14 Å². The SMILES string of the molecule is C[C@H]1CC(=O)N[C@H]2[C@@H]1C2(Br)Br. The fourth-order valence-corrected chi connectivity index (χ4v) is 3.86. The van der Waals surface area contributed by atoms with Crippen LogP contribution in [0.1, 0.15) is 13.3 Å². The van der Waals surface area contributed by atoms with Gasteiger partial charge < -0.3 is 5.32 Å². The van der Waals surface area contributed by atoms with Crippen LogP contribution in [0.15, 0.2) is 0 Å². The van der Waals surface area contributed by atoms with Gasteiger partial charge in [0.25, 0.3) is 0 Å². The van der Waals surface area contributed by atoms with Crippen molar-refractivity contribution in [3.05, 3.63) is 0 Å². The Hall–Kier alpha value is 0.430. The highest BCUT2D eigenvalue weighted by molar-refractivity contribution is 9.25. The van der Waals surface area contributed by atoms with E-state index in [0.29, 0.717) is 24.3 Å². The predicted octanol–water partition coefficient (Wildman–Crippen LogP) is 1.63. The third kappa shape index (κ3) is 1.06. The molecule has 4 heteroatoms. The molecule has 1 heterocycles. The van der Waals surface area contributed by atoms with E-state index in [4.69, 9.17) is 0 Å². The lowest BCUT2D eigenvalue weighted by molar-refractivity contribution is -0.123. The molecular formula is C7H9Br2NO. The van der Waals surface area contributed by atoms with Crippen LogP contribution in [0.25, 0.3) is 0 Å². The van der Waals surface area contributed by atoms with Gasteiger partial charge in [-0.15, -0.1) is 0 Å². The zero-order valence-corrected chi connectivity index (χ0v) is 9.28. The van der Waals surface area contributed by atoms with E-state index >= 15 is 0 Å². The van der Waals surface area contributed by atoms with Gasteiger partial charge in [0.15, 0.2) is 0 Å². The predicted molar refractivity (Wildman–Crippen MR) is 49.8 cm³/mol. The zero-order chi connectivity index (χ0) is 8.22. The van der Waals surface area contributed by atoms with Gasteiger partial charge in [-0.2, -0.15) is 0 Å². The second kappa shape index (κ2) is 2.22. The molecule has 0 unspecified atom stereocenters. The number of hydrogen-bond donors (Lipinski definition) is 1. The fourth-order valence-electron chi connectivity index (χ4n) is 1.90. The van der Waals surface area contributed by atoms with Gasteiger partial charge in [0.1, 0.15) is 3.23 Å². The molecule has 3 atom stereocenters. The van der Waals surface area contributed by atoms with E-state index in [9.17, 15) is 4.79 Å². The van der Waals surface area contributed by atoms with E-state index in [1.54, 1.807) is 0 Å². The average molecular weight is 283 g/mol. The highest BCUT2D eigenvalue weighted by Gasteiger charge is 2.66. The summed E-state index contributed by atoms with van der Waals surface area (Å²) < 4.78 is -0.00836. The number of carbonyl (C=O) groups is 1. The second-order valence-corrected chi connectivity index (χ2v) is 7.12. The van der Waals surface area contributed by atoms with E-state index in [1.807, 2.05) is 0 Å². The summed E-state index contributed by atoms with van der Waals surface area (Å²) in [6.45, 7) is 2.13. The third-order valence-electron chi connectivity index (χ3n) is 2.55. The minimum atomic E-state index is -0.00836. The van der Waals surface area contributed by atoms with Crippen LogP contribution in [-0.2, 0) is 4.79 Å². The van der Waals surface area contributed by atoms with Crippen molar-refractivity contribution < 1.29 is 4.79 Å². The zero-order valence-electron chi connectivity index (χ0n) is 6.10. The average Bonchev–Trinajstić information content (AvgIpc) is 2.34. The Kier molecular flexibility index (Phi) is 1.63. The maximum absolute atomic E-state index is 11.0. The molecule has 1 aliphatic carbocycles. The van der Waals surface area contributed by atoms with Gasteiger partial charge in [0, 0.05) is 12.3 Å². The molecule has 0 aromatic heterocycles. The largest absolute Gasteiger partial charge is 0.351 e. The maximum Gasteiger partial charge on any atom is 0.220 e. The molecular weight excluding hydrogens is 274 g/mol. The maximum atomic E-state index is 11.0. The third-order valence-corrected chi connectivity index (χ3v) is 4.59. The number of amides is 1. The van der Waals surface area contributed by atoms with Crippen molar-refractivity contribution in [1.82, 2.24) is 5.32 Å². The van der Waals surface area contributed by atoms with E-state index < -0.39 is 0 Å². The summed E-state index contributed by atoms with van der Waals surface area (Å²) in [4.78, 5) is 11.0. The number of alkyl halides is 2. The topological polar surface area (TPSA) is 29.1 Å². The number of carbonyl (C=O) groups excluding carboxylic acids is 1. The molecule has 1 saturated heterocycles. The highest BCUT2D eigenvalue weighted by atomic mass is 79.9. The Morgan fingerprint density at radius 1 is 1.64 bits per heavy atom. The van der Waals surface area contributed by atoms with Crippen molar-refractivity contribution in [3.8, 4) is 0 Å². The highest BCUT2D eigenvalue weighted by Crippen LogP contribution is 2.61. The van der Waals surface area contributed by atoms with Gasteiger partial charge in [-0.25, -0.2) is 0 Å². The smallest absolute Gasteiger partial charge is 0.220 e. The first kappa shape index (κ1) is 8.05. The van der Waals surface area contributed by atoms with Crippen molar-refractivity contribution in [3.63, 3.8) is 0 Å². The van der Waals surface area contributed by atoms with Gasteiger partial charge in [0.2, 0.25) is 5.91 Å². The van der Waals surface area contributed by atoms with E-state index in [0.717, 1.165) is 0 Å². The van der Waals surface area contributed by atoms with E-state index in [1.165, 1.54) is 0 Å². The fraction of sp³-hybridized carbons (Fsp3) is 0.857. The summed E-state index contributed by atoms with van der Waals surface area (Å²) in [5, 5.41) is 2.94. The number of halogens is 2. The molecule has 2 nitrogen and oxygen atoms in total. The summed E-state index contributed by atoms with van der Waals surface area (Å²) in [5.74, 6) is 1.24. The Morgan fingerprint density at radius 3 is 2.82 bits per heavy atom. The van der Waals surface area contributed by atoms with Crippen LogP contribution in [0.2, 0.25) is 0 Å². The molecule has 62 valence electrons. The molecule has 2 rings (SSSR count). The van der Waals surface area contributed by atoms with Crippen molar-refractivity contribution in [2.24, 2.45) is 11.8 Å². The number of nitrogens with one attached hydrogen (secondary N) is 1. The quantitative estimate of drug-likeness (QED) is 0.673. The molecule has 1 N–H and O–H groups in total.